The van der Waals surface area contributed by atoms with Crippen molar-refractivity contribution >= 4 is 0 Å². The first-order valence-corrected chi connectivity index (χ1v) is 5.59. The van der Waals surface area contributed by atoms with Gasteiger partial charge in [-0.25, -0.2) is 0 Å². The Morgan fingerprint density at radius 3 is 2.46 bits per heavy atom. The molecule has 2 rings (SSSR count). The van der Waals surface area contributed by atoms with E-state index in [9.17, 15) is 0 Å². The topological polar surface area (TPSA) is 21.3 Å². The second-order valence-electron chi connectivity index (χ2n) is 4.93. The van der Waals surface area contributed by atoms with Gasteiger partial charge in [0, 0.05) is 12.6 Å². The van der Waals surface area contributed by atoms with Crippen LogP contribution < -0.4 is 5.32 Å². The summed E-state index contributed by atoms with van der Waals surface area (Å²) in [7, 11) is 0. The van der Waals surface area contributed by atoms with E-state index >= 15 is 0 Å². The van der Waals surface area contributed by atoms with Crippen LogP contribution in [0.15, 0.2) is 0 Å². The maximum atomic E-state index is 6.04. The van der Waals surface area contributed by atoms with Crippen molar-refractivity contribution < 1.29 is 4.74 Å². The highest BCUT2D eigenvalue weighted by Gasteiger charge is 2.39. The van der Waals surface area contributed by atoms with Crippen molar-refractivity contribution in [3.05, 3.63) is 0 Å². The van der Waals surface area contributed by atoms with Gasteiger partial charge in [-0.1, -0.05) is 26.7 Å². The van der Waals surface area contributed by atoms with Crippen LogP contribution >= 0.6 is 0 Å². The lowest BCUT2D eigenvalue weighted by Gasteiger charge is -2.39. The molecular weight excluding hydrogens is 162 g/mol. The Bertz CT molecular complexity index is 163. The van der Waals surface area contributed by atoms with Crippen molar-refractivity contribution in [3.63, 3.8) is 0 Å². The van der Waals surface area contributed by atoms with Crippen molar-refractivity contribution in [1.82, 2.24) is 5.32 Å². The van der Waals surface area contributed by atoms with Crippen LogP contribution in [0.3, 0.4) is 0 Å². The first-order valence-electron chi connectivity index (χ1n) is 5.59. The van der Waals surface area contributed by atoms with Crippen molar-refractivity contribution in [1.29, 1.82) is 0 Å². The fraction of sp³-hybridized carbons (Fsp3) is 1.00. The maximum Gasteiger partial charge on any atom is 0.0807 e. The first kappa shape index (κ1) is 9.47. The summed E-state index contributed by atoms with van der Waals surface area (Å²) in [5, 5.41) is 3.63. The zero-order valence-corrected chi connectivity index (χ0v) is 8.81. The Balaban J connectivity index is 1.88. The second-order valence-corrected chi connectivity index (χ2v) is 4.93. The van der Waals surface area contributed by atoms with Crippen molar-refractivity contribution in [2.24, 2.45) is 5.92 Å². The zero-order chi connectivity index (χ0) is 9.31. The van der Waals surface area contributed by atoms with Gasteiger partial charge in [0.2, 0.25) is 0 Å². The fourth-order valence-corrected chi connectivity index (χ4v) is 2.46. The Hall–Kier alpha value is -0.0800. The quantitative estimate of drug-likeness (QED) is 0.671. The molecule has 1 heterocycles. The van der Waals surface area contributed by atoms with E-state index < -0.39 is 0 Å². The fourth-order valence-electron chi connectivity index (χ4n) is 2.46. The summed E-state index contributed by atoms with van der Waals surface area (Å²) in [5.74, 6) is 0.693. The monoisotopic (exact) mass is 183 g/mol. The highest BCUT2D eigenvalue weighted by atomic mass is 16.5. The summed E-state index contributed by atoms with van der Waals surface area (Å²) in [5.41, 5.74) is 0.228. The van der Waals surface area contributed by atoms with Crippen LogP contribution in [0.4, 0.5) is 0 Å². The van der Waals surface area contributed by atoms with Gasteiger partial charge in [0.15, 0.2) is 0 Å². The Kier molecular flexibility index (Phi) is 2.61. The molecule has 2 heteroatoms. The first-order chi connectivity index (χ1) is 6.22. The summed E-state index contributed by atoms with van der Waals surface area (Å²) in [6, 6.07) is 0.575. The molecule has 0 amide bonds. The lowest BCUT2D eigenvalue weighted by molar-refractivity contribution is -0.0844. The predicted molar refractivity (Wildman–Crippen MR) is 53.8 cm³/mol. The standard InChI is InChI=1S/C11H21NO/c1-9(2)10-7-13-11(8-12-10)5-3-4-6-11/h9-10,12H,3-8H2,1-2H3. The van der Waals surface area contributed by atoms with Gasteiger partial charge in [0.25, 0.3) is 0 Å². The number of hydrogen-bond donors (Lipinski definition) is 1. The molecule has 0 aromatic rings. The summed E-state index contributed by atoms with van der Waals surface area (Å²) in [4.78, 5) is 0. The van der Waals surface area contributed by atoms with Gasteiger partial charge in [-0.15, -0.1) is 0 Å². The summed E-state index contributed by atoms with van der Waals surface area (Å²) >= 11 is 0. The lowest BCUT2D eigenvalue weighted by Crippen LogP contribution is -2.54. The molecule has 1 atom stereocenters. The molecule has 0 aromatic carbocycles. The molecule has 1 aliphatic carbocycles. The van der Waals surface area contributed by atoms with Gasteiger partial charge in [-0.05, 0) is 18.8 Å². The number of rotatable bonds is 1. The molecule has 0 aromatic heterocycles. The highest BCUT2D eigenvalue weighted by Crippen LogP contribution is 2.34. The molecule has 1 aliphatic heterocycles. The lowest BCUT2D eigenvalue weighted by atomic mass is 9.96. The minimum absolute atomic E-state index is 0.228. The van der Waals surface area contributed by atoms with E-state index in [1.165, 1.54) is 25.7 Å². The molecule has 1 saturated heterocycles. The normalized spacial score (nSPS) is 33.0. The Morgan fingerprint density at radius 1 is 1.31 bits per heavy atom. The summed E-state index contributed by atoms with van der Waals surface area (Å²) in [6.07, 6.45) is 5.25. The van der Waals surface area contributed by atoms with Crippen LogP contribution in [0.2, 0.25) is 0 Å². The molecule has 1 N–H and O–H groups in total. The zero-order valence-electron chi connectivity index (χ0n) is 8.81. The third-order valence-corrected chi connectivity index (χ3v) is 3.58. The minimum atomic E-state index is 0.228. The van der Waals surface area contributed by atoms with Crippen LogP contribution in [0.25, 0.3) is 0 Å². The molecule has 13 heavy (non-hydrogen) atoms. The van der Waals surface area contributed by atoms with E-state index in [0.29, 0.717) is 12.0 Å². The SMILES string of the molecule is CC(C)C1COC2(CCCC2)CN1. The van der Waals surface area contributed by atoms with Gasteiger partial charge in [0.05, 0.1) is 12.2 Å². The van der Waals surface area contributed by atoms with Crippen LogP contribution in [0.1, 0.15) is 39.5 Å². The van der Waals surface area contributed by atoms with Gasteiger partial charge >= 0.3 is 0 Å². The van der Waals surface area contributed by atoms with Gasteiger partial charge < -0.3 is 10.1 Å². The van der Waals surface area contributed by atoms with Crippen LogP contribution in [-0.4, -0.2) is 24.8 Å². The molecule has 2 aliphatic rings. The number of hydrogen-bond acceptors (Lipinski definition) is 2. The molecule has 2 nitrogen and oxygen atoms in total. The molecule has 1 unspecified atom stereocenters. The van der Waals surface area contributed by atoms with E-state index in [4.69, 9.17) is 4.74 Å². The van der Waals surface area contributed by atoms with E-state index in [1.807, 2.05) is 0 Å². The summed E-state index contributed by atoms with van der Waals surface area (Å²) < 4.78 is 6.04. The molecule has 2 fully saturated rings. The van der Waals surface area contributed by atoms with Gasteiger partial charge in [-0.3, -0.25) is 0 Å². The van der Waals surface area contributed by atoms with E-state index in [1.54, 1.807) is 0 Å². The third kappa shape index (κ3) is 1.89. The Labute approximate surface area is 81.0 Å². The average Bonchev–Trinajstić information content (AvgIpc) is 2.54. The largest absolute Gasteiger partial charge is 0.372 e. The molecule has 76 valence electrons. The average molecular weight is 183 g/mol. The smallest absolute Gasteiger partial charge is 0.0807 e. The number of nitrogens with one attached hydrogen (secondary N) is 1. The van der Waals surface area contributed by atoms with E-state index in [0.717, 1.165) is 13.2 Å². The molecule has 0 radical (unpaired) electrons. The predicted octanol–water partition coefficient (Wildman–Crippen LogP) is 1.94. The molecular formula is C11H21NO. The van der Waals surface area contributed by atoms with Crippen molar-refractivity contribution in [3.8, 4) is 0 Å². The third-order valence-electron chi connectivity index (χ3n) is 3.58. The maximum absolute atomic E-state index is 6.04. The molecule has 0 bridgehead atoms. The highest BCUT2D eigenvalue weighted by molar-refractivity contribution is 4.93. The number of morpholine rings is 1. The van der Waals surface area contributed by atoms with Crippen LogP contribution in [-0.2, 0) is 4.74 Å². The van der Waals surface area contributed by atoms with E-state index in [-0.39, 0.29) is 5.60 Å². The number of ether oxygens (including phenoxy) is 1. The molecule has 1 saturated carbocycles. The second kappa shape index (κ2) is 3.58. The van der Waals surface area contributed by atoms with Gasteiger partial charge in [-0.2, -0.15) is 0 Å². The van der Waals surface area contributed by atoms with Crippen LogP contribution in [0, 0.1) is 5.92 Å². The summed E-state index contributed by atoms with van der Waals surface area (Å²) in [6.45, 7) is 6.51. The van der Waals surface area contributed by atoms with Gasteiger partial charge in [0.1, 0.15) is 0 Å². The Morgan fingerprint density at radius 2 is 2.00 bits per heavy atom. The van der Waals surface area contributed by atoms with Crippen molar-refractivity contribution in [2.75, 3.05) is 13.2 Å². The molecule has 1 spiro atoms. The van der Waals surface area contributed by atoms with E-state index in [2.05, 4.69) is 19.2 Å². The van der Waals surface area contributed by atoms with Crippen LogP contribution in [0.5, 0.6) is 0 Å². The minimum Gasteiger partial charge on any atom is -0.372 e. The van der Waals surface area contributed by atoms with Crippen molar-refractivity contribution in [2.45, 2.75) is 51.2 Å².